The van der Waals surface area contributed by atoms with Crippen molar-refractivity contribution in [1.29, 1.82) is 0 Å². The fourth-order valence-corrected chi connectivity index (χ4v) is 3.41. The highest BCUT2D eigenvalue weighted by Gasteiger charge is 2.10. The summed E-state index contributed by atoms with van der Waals surface area (Å²) in [7, 11) is -0.308. The third-order valence-corrected chi connectivity index (χ3v) is 5.61. The van der Waals surface area contributed by atoms with Crippen molar-refractivity contribution in [2.24, 2.45) is 4.99 Å². The Labute approximate surface area is 146 Å². The Morgan fingerprint density at radius 2 is 1.88 bits per heavy atom. The van der Waals surface area contributed by atoms with Crippen molar-refractivity contribution in [1.82, 2.24) is 20.3 Å². The molecule has 0 aliphatic carbocycles. The van der Waals surface area contributed by atoms with E-state index in [2.05, 4.69) is 25.3 Å². The monoisotopic (exact) mass is 367 g/mol. The van der Waals surface area contributed by atoms with Gasteiger partial charge in [0.05, 0.1) is 11.4 Å². The summed E-state index contributed by atoms with van der Waals surface area (Å²) in [6.07, 6.45) is 1.85. The molecule has 0 aliphatic heterocycles. The van der Waals surface area contributed by atoms with Gasteiger partial charge in [0, 0.05) is 24.7 Å². The molecular formula is C15H21N5O2S2. The topological polar surface area (TPSA) is 95.5 Å². The van der Waals surface area contributed by atoms with Crippen LogP contribution in [-0.4, -0.2) is 33.5 Å². The quantitative estimate of drug-likeness (QED) is 0.527. The highest BCUT2D eigenvalue weighted by Crippen LogP contribution is 2.11. The molecule has 0 bridgehead atoms. The fourth-order valence-electron chi connectivity index (χ4n) is 1.95. The molecular weight excluding hydrogens is 346 g/mol. The number of nitrogens with one attached hydrogen (secondary N) is 3. The second kappa shape index (κ2) is 8.22. The van der Waals surface area contributed by atoms with Crippen LogP contribution in [0.15, 0.2) is 40.4 Å². The normalized spacial score (nSPS) is 12.2. The van der Waals surface area contributed by atoms with E-state index < -0.39 is 10.0 Å². The summed E-state index contributed by atoms with van der Waals surface area (Å²) in [4.78, 5) is 9.87. The Morgan fingerprint density at radius 3 is 2.42 bits per heavy atom. The molecule has 2 aromatic rings. The van der Waals surface area contributed by atoms with E-state index in [-0.39, 0.29) is 4.90 Å². The predicted molar refractivity (Wildman–Crippen MR) is 96.6 cm³/mol. The number of rotatable bonds is 6. The van der Waals surface area contributed by atoms with E-state index >= 15 is 0 Å². The minimum Gasteiger partial charge on any atom is -0.352 e. The lowest BCUT2D eigenvalue weighted by molar-refractivity contribution is 0.588. The fraction of sp³-hybridized carbons (Fsp3) is 0.333. The molecule has 130 valence electrons. The predicted octanol–water partition coefficient (Wildman–Crippen LogP) is 1.22. The third kappa shape index (κ3) is 5.02. The van der Waals surface area contributed by atoms with Gasteiger partial charge in [0.1, 0.15) is 5.01 Å². The molecule has 24 heavy (non-hydrogen) atoms. The van der Waals surface area contributed by atoms with Gasteiger partial charge in [-0.2, -0.15) is 0 Å². The van der Waals surface area contributed by atoms with Crippen LogP contribution in [0.1, 0.15) is 15.4 Å². The number of benzene rings is 1. The van der Waals surface area contributed by atoms with Crippen molar-refractivity contribution in [3.05, 3.63) is 45.9 Å². The molecule has 9 heteroatoms. The van der Waals surface area contributed by atoms with Gasteiger partial charge in [-0.1, -0.05) is 12.1 Å². The summed E-state index contributed by atoms with van der Waals surface area (Å²) in [5.74, 6) is 0.662. The Balaban J connectivity index is 1.89. The number of aryl methyl sites for hydroxylation is 1. The lowest BCUT2D eigenvalue weighted by atomic mass is 10.2. The van der Waals surface area contributed by atoms with Crippen LogP contribution in [-0.2, 0) is 23.1 Å². The van der Waals surface area contributed by atoms with E-state index in [1.807, 2.05) is 13.1 Å². The van der Waals surface area contributed by atoms with Crippen LogP contribution in [0.3, 0.4) is 0 Å². The second-order valence-electron chi connectivity index (χ2n) is 5.00. The van der Waals surface area contributed by atoms with Crippen LogP contribution in [0.5, 0.6) is 0 Å². The molecule has 0 radical (unpaired) electrons. The lowest BCUT2D eigenvalue weighted by Gasteiger charge is -2.11. The molecule has 0 saturated heterocycles. The lowest BCUT2D eigenvalue weighted by Crippen LogP contribution is -2.36. The van der Waals surface area contributed by atoms with Gasteiger partial charge in [0.25, 0.3) is 0 Å². The largest absolute Gasteiger partial charge is 0.352 e. The van der Waals surface area contributed by atoms with Gasteiger partial charge >= 0.3 is 0 Å². The molecule has 0 saturated carbocycles. The number of aromatic nitrogens is 1. The van der Waals surface area contributed by atoms with Crippen molar-refractivity contribution in [2.75, 3.05) is 14.1 Å². The molecule has 0 atom stereocenters. The van der Waals surface area contributed by atoms with Crippen molar-refractivity contribution >= 4 is 27.3 Å². The summed E-state index contributed by atoms with van der Waals surface area (Å²) in [6.45, 7) is 3.17. The first-order valence-corrected chi connectivity index (χ1v) is 9.63. The molecule has 3 N–H and O–H groups in total. The molecule has 0 fully saturated rings. The first-order chi connectivity index (χ1) is 11.4. The standard InChI is InChI=1S/C15H21N5O2S2/c1-11-8-18-14(23-11)10-20-15(16-2)19-9-12-4-6-13(7-5-12)24(21,22)17-3/h4-8,17H,9-10H2,1-3H3,(H2,16,19,20). The van der Waals surface area contributed by atoms with E-state index in [4.69, 9.17) is 0 Å². The van der Waals surface area contributed by atoms with Crippen LogP contribution < -0.4 is 15.4 Å². The Hall–Kier alpha value is -1.97. The van der Waals surface area contributed by atoms with Crippen molar-refractivity contribution in [2.45, 2.75) is 24.9 Å². The maximum Gasteiger partial charge on any atom is 0.240 e. The van der Waals surface area contributed by atoms with Crippen LogP contribution in [0, 0.1) is 6.92 Å². The van der Waals surface area contributed by atoms with Gasteiger partial charge in [-0.05, 0) is 31.7 Å². The minimum absolute atomic E-state index is 0.246. The van der Waals surface area contributed by atoms with Crippen LogP contribution in [0.2, 0.25) is 0 Å². The summed E-state index contributed by atoms with van der Waals surface area (Å²) < 4.78 is 25.7. The summed E-state index contributed by atoms with van der Waals surface area (Å²) in [5, 5.41) is 7.38. The molecule has 0 spiro atoms. The number of nitrogens with zero attached hydrogens (tertiary/aromatic N) is 2. The average molecular weight is 368 g/mol. The molecule has 1 aromatic heterocycles. The van der Waals surface area contributed by atoms with Gasteiger partial charge in [-0.25, -0.2) is 18.1 Å². The number of aliphatic imine (C=N–C) groups is 1. The minimum atomic E-state index is -3.40. The summed E-state index contributed by atoms with van der Waals surface area (Å²) in [6, 6.07) is 6.71. The second-order valence-corrected chi connectivity index (χ2v) is 8.20. The highest BCUT2D eigenvalue weighted by atomic mass is 32.2. The maximum atomic E-state index is 11.7. The van der Waals surface area contributed by atoms with Gasteiger partial charge in [0.15, 0.2) is 5.96 Å². The zero-order valence-corrected chi connectivity index (χ0v) is 15.5. The van der Waals surface area contributed by atoms with Crippen molar-refractivity contribution in [3.63, 3.8) is 0 Å². The van der Waals surface area contributed by atoms with E-state index in [1.54, 1.807) is 42.6 Å². The van der Waals surface area contributed by atoms with Gasteiger partial charge in [-0.3, -0.25) is 4.99 Å². The van der Waals surface area contributed by atoms with Crippen LogP contribution >= 0.6 is 11.3 Å². The summed E-state index contributed by atoms with van der Waals surface area (Å²) in [5.41, 5.74) is 0.957. The average Bonchev–Trinajstić information content (AvgIpc) is 3.01. The zero-order valence-electron chi connectivity index (χ0n) is 13.8. The number of hydrogen-bond acceptors (Lipinski definition) is 5. The van der Waals surface area contributed by atoms with E-state index in [1.165, 1.54) is 11.9 Å². The van der Waals surface area contributed by atoms with Gasteiger partial charge < -0.3 is 10.6 Å². The van der Waals surface area contributed by atoms with Crippen LogP contribution in [0.4, 0.5) is 0 Å². The third-order valence-electron chi connectivity index (χ3n) is 3.26. The zero-order chi connectivity index (χ0) is 17.6. The Kier molecular flexibility index (Phi) is 6.29. The smallest absolute Gasteiger partial charge is 0.240 e. The SMILES string of the molecule is CN=C(NCc1ccc(S(=O)(=O)NC)cc1)NCc1ncc(C)s1. The molecule has 2 rings (SSSR count). The summed E-state index contributed by atoms with van der Waals surface area (Å²) >= 11 is 1.64. The van der Waals surface area contributed by atoms with Crippen molar-refractivity contribution in [3.8, 4) is 0 Å². The first kappa shape index (κ1) is 18.4. The first-order valence-electron chi connectivity index (χ1n) is 7.33. The molecule has 0 aliphatic rings. The molecule has 1 heterocycles. The van der Waals surface area contributed by atoms with Gasteiger partial charge in [0.2, 0.25) is 10.0 Å². The van der Waals surface area contributed by atoms with Crippen LogP contribution in [0.25, 0.3) is 0 Å². The van der Waals surface area contributed by atoms with E-state index in [9.17, 15) is 8.42 Å². The number of hydrogen-bond donors (Lipinski definition) is 3. The Morgan fingerprint density at radius 1 is 1.21 bits per heavy atom. The number of thiazole rings is 1. The van der Waals surface area contributed by atoms with E-state index in [0.717, 1.165) is 10.6 Å². The maximum absolute atomic E-state index is 11.7. The number of guanidine groups is 1. The highest BCUT2D eigenvalue weighted by molar-refractivity contribution is 7.89. The number of sulfonamides is 1. The molecule has 7 nitrogen and oxygen atoms in total. The van der Waals surface area contributed by atoms with Gasteiger partial charge in [-0.15, -0.1) is 11.3 Å². The molecule has 1 aromatic carbocycles. The Bertz CT molecular complexity index is 798. The molecule has 0 unspecified atom stereocenters. The van der Waals surface area contributed by atoms with E-state index in [0.29, 0.717) is 19.0 Å². The van der Waals surface area contributed by atoms with Crippen molar-refractivity contribution < 1.29 is 8.42 Å². The molecule has 0 amide bonds.